The Kier molecular flexibility index (Phi) is 3.57. The van der Waals surface area contributed by atoms with Crippen LogP contribution in [0.1, 0.15) is 26.2 Å². The van der Waals surface area contributed by atoms with Gasteiger partial charge in [0.1, 0.15) is 0 Å². The summed E-state index contributed by atoms with van der Waals surface area (Å²) in [6.45, 7) is 1.96. The molecule has 2 fully saturated rings. The fourth-order valence-corrected chi connectivity index (χ4v) is 4.97. The Morgan fingerprint density at radius 3 is 2.81 bits per heavy atom. The molecule has 0 bridgehead atoms. The normalized spacial score (nSPS) is 28.7. The molecule has 1 unspecified atom stereocenters. The first-order chi connectivity index (χ1) is 10.1. The van der Waals surface area contributed by atoms with Crippen molar-refractivity contribution < 1.29 is 18.5 Å². The van der Waals surface area contributed by atoms with Crippen LogP contribution in [0.15, 0.2) is 35.2 Å². The minimum atomic E-state index is -1.57. The summed E-state index contributed by atoms with van der Waals surface area (Å²) in [5, 5.41) is 0. The SMILES string of the molecule is CCOC(=O)N1[C@@H]2CCCC(=O)[C@@]21S(=O)c1ccccc1. The number of ether oxygens (including phenoxy) is 1. The van der Waals surface area contributed by atoms with E-state index in [0.717, 1.165) is 6.42 Å². The Balaban J connectivity index is 1.97. The smallest absolute Gasteiger partial charge is 0.411 e. The number of ketones is 1. The molecular weight excluding hydrogens is 290 g/mol. The molecule has 6 heteroatoms. The van der Waals surface area contributed by atoms with Crippen molar-refractivity contribution in [2.45, 2.75) is 42.0 Å². The molecule has 0 aromatic heterocycles. The van der Waals surface area contributed by atoms with Crippen LogP contribution in [0.4, 0.5) is 4.79 Å². The maximum Gasteiger partial charge on any atom is 0.411 e. The molecule has 1 aromatic rings. The number of hydrogen-bond donors (Lipinski definition) is 0. The van der Waals surface area contributed by atoms with Crippen LogP contribution in [0.5, 0.6) is 0 Å². The predicted molar refractivity (Wildman–Crippen MR) is 77.1 cm³/mol. The third-order valence-electron chi connectivity index (χ3n) is 4.04. The average Bonchev–Trinajstić information content (AvgIpc) is 3.19. The number of carbonyl (C=O) groups excluding carboxylic acids is 2. The number of rotatable bonds is 3. The summed E-state index contributed by atoms with van der Waals surface area (Å²) >= 11 is 0. The van der Waals surface area contributed by atoms with Crippen LogP contribution in [-0.2, 0) is 20.3 Å². The third kappa shape index (κ3) is 2.00. The molecule has 1 aliphatic heterocycles. The van der Waals surface area contributed by atoms with Crippen molar-refractivity contribution in [3.05, 3.63) is 30.3 Å². The van der Waals surface area contributed by atoms with Gasteiger partial charge in [-0.2, -0.15) is 0 Å². The molecule has 0 spiro atoms. The van der Waals surface area contributed by atoms with Gasteiger partial charge in [0.05, 0.1) is 23.4 Å². The average molecular weight is 307 g/mol. The van der Waals surface area contributed by atoms with Crippen molar-refractivity contribution in [2.75, 3.05) is 6.61 Å². The highest BCUT2D eigenvalue weighted by molar-refractivity contribution is 7.87. The Hall–Kier alpha value is -1.69. The third-order valence-corrected chi connectivity index (χ3v) is 6.00. The fourth-order valence-electron chi connectivity index (χ4n) is 3.10. The summed E-state index contributed by atoms with van der Waals surface area (Å²) in [5.74, 6) is -0.117. The molecule has 1 aliphatic carbocycles. The topological polar surface area (TPSA) is 63.5 Å². The first-order valence-corrected chi connectivity index (χ1v) is 8.25. The second kappa shape index (κ2) is 5.26. The van der Waals surface area contributed by atoms with Gasteiger partial charge in [-0.05, 0) is 31.9 Å². The summed E-state index contributed by atoms with van der Waals surface area (Å²) in [5.41, 5.74) is 0. The van der Waals surface area contributed by atoms with Gasteiger partial charge in [0, 0.05) is 11.3 Å². The molecule has 1 amide bonds. The van der Waals surface area contributed by atoms with E-state index in [2.05, 4.69) is 0 Å². The lowest BCUT2D eigenvalue weighted by Gasteiger charge is -2.18. The van der Waals surface area contributed by atoms with Crippen molar-refractivity contribution in [3.8, 4) is 0 Å². The molecule has 112 valence electrons. The molecule has 3 atom stereocenters. The van der Waals surface area contributed by atoms with Gasteiger partial charge < -0.3 is 4.74 Å². The number of carbonyl (C=O) groups is 2. The molecule has 3 rings (SSSR count). The zero-order valence-corrected chi connectivity index (χ0v) is 12.6. The zero-order valence-electron chi connectivity index (χ0n) is 11.8. The number of benzene rings is 1. The molecule has 5 nitrogen and oxygen atoms in total. The number of nitrogens with zero attached hydrogens (tertiary/aromatic N) is 1. The van der Waals surface area contributed by atoms with Crippen LogP contribution in [0, 0.1) is 0 Å². The lowest BCUT2D eigenvalue weighted by atomic mass is 9.99. The van der Waals surface area contributed by atoms with Crippen LogP contribution in [0.3, 0.4) is 0 Å². The van der Waals surface area contributed by atoms with Gasteiger partial charge in [-0.15, -0.1) is 0 Å². The summed E-state index contributed by atoms with van der Waals surface area (Å²) in [4.78, 5) is 25.3. The van der Waals surface area contributed by atoms with Crippen molar-refractivity contribution >= 4 is 22.7 Å². The minimum absolute atomic E-state index is 0.117. The van der Waals surface area contributed by atoms with Gasteiger partial charge in [0.15, 0.2) is 5.78 Å². The second-order valence-corrected chi connectivity index (χ2v) is 6.81. The number of hydrogen-bond acceptors (Lipinski definition) is 4. The Morgan fingerprint density at radius 1 is 1.43 bits per heavy atom. The zero-order chi connectivity index (χ0) is 15.0. The highest BCUT2D eigenvalue weighted by atomic mass is 32.2. The molecule has 21 heavy (non-hydrogen) atoms. The van der Waals surface area contributed by atoms with Crippen molar-refractivity contribution in [1.29, 1.82) is 0 Å². The van der Waals surface area contributed by atoms with Gasteiger partial charge in [0.2, 0.25) is 4.87 Å². The molecule has 0 radical (unpaired) electrons. The first kappa shape index (κ1) is 14.3. The van der Waals surface area contributed by atoms with Gasteiger partial charge in [-0.1, -0.05) is 18.2 Å². The predicted octanol–water partition coefficient (Wildman–Crippen LogP) is 2.08. The van der Waals surface area contributed by atoms with Crippen LogP contribution in [-0.4, -0.2) is 38.5 Å². The van der Waals surface area contributed by atoms with Crippen molar-refractivity contribution in [2.24, 2.45) is 0 Å². The number of amides is 1. The quantitative estimate of drug-likeness (QED) is 0.802. The van der Waals surface area contributed by atoms with E-state index in [1.54, 1.807) is 31.2 Å². The van der Waals surface area contributed by atoms with E-state index in [1.807, 2.05) is 6.07 Å². The first-order valence-electron chi connectivity index (χ1n) is 7.10. The van der Waals surface area contributed by atoms with E-state index in [9.17, 15) is 13.8 Å². The lowest BCUT2D eigenvalue weighted by Crippen LogP contribution is -2.39. The maximum atomic E-state index is 12.9. The molecular formula is C15H17NO4S. The van der Waals surface area contributed by atoms with Crippen LogP contribution >= 0.6 is 0 Å². The van der Waals surface area contributed by atoms with Crippen LogP contribution in [0.2, 0.25) is 0 Å². The van der Waals surface area contributed by atoms with Gasteiger partial charge >= 0.3 is 6.09 Å². The van der Waals surface area contributed by atoms with Crippen LogP contribution in [0.25, 0.3) is 0 Å². The van der Waals surface area contributed by atoms with E-state index in [-0.39, 0.29) is 18.4 Å². The van der Waals surface area contributed by atoms with Gasteiger partial charge in [0.25, 0.3) is 0 Å². The highest BCUT2D eigenvalue weighted by Crippen LogP contribution is 2.53. The van der Waals surface area contributed by atoms with E-state index >= 15 is 0 Å². The summed E-state index contributed by atoms with van der Waals surface area (Å²) in [6, 6.07) is 8.55. The van der Waals surface area contributed by atoms with E-state index in [0.29, 0.717) is 17.7 Å². The fraction of sp³-hybridized carbons (Fsp3) is 0.467. The van der Waals surface area contributed by atoms with Crippen molar-refractivity contribution in [1.82, 2.24) is 4.90 Å². The maximum absolute atomic E-state index is 12.9. The molecule has 1 saturated heterocycles. The monoisotopic (exact) mass is 307 g/mol. The number of Topliss-reactive ketones (excluding diaryl/α,β-unsaturated/α-hetero) is 1. The number of fused-ring (bicyclic) bond motifs is 1. The largest absolute Gasteiger partial charge is 0.450 e. The van der Waals surface area contributed by atoms with Crippen LogP contribution < -0.4 is 0 Å². The lowest BCUT2D eigenvalue weighted by molar-refractivity contribution is -0.120. The second-order valence-electron chi connectivity index (χ2n) is 5.18. The minimum Gasteiger partial charge on any atom is -0.450 e. The Labute approximate surface area is 125 Å². The summed E-state index contributed by atoms with van der Waals surface area (Å²) in [7, 11) is -1.57. The van der Waals surface area contributed by atoms with Gasteiger partial charge in [-0.25, -0.2) is 4.79 Å². The van der Waals surface area contributed by atoms with E-state index in [1.165, 1.54) is 4.90 Å². The molecule has 2 aliphatic rings. The summed E-state index contributed by atoms with van der Waals surface area (Å²) in [6.07, 6.45) is 1.25. The van der Waals surface area contributed by atoms with E-state index < -0.39 is 21.8 Å². The highest BCUT2D eigenvalue weighted by Gasteiger charge is 2.75. The number of likely N-dealkylation sites (tertiary alicyclic amines) is 1. The van der Waals surface area contributed by atoms with E-state index in [4.69, 9.17) is 4.74 Å². The standard InChI is InChI=1S/C15H17NO4S/c1-2-20-14(18)16-12-9-6-10-13(17)15(12,16)21(19)11-7-4-3-5-8-11/h3-5,7-8,12H,2,6,9-10H2,1H3/t12-,15+,16?,21?/m1/s1. The molecule has 1 aromatic carbocycles. The van der Waals surface area contributed by atoms with Gasteiger partial charge in [-0.3, -0.25) is 13.9 Å². The molecule has 0 N–H and O–H groups in total. The summed E-state index contributed by atoms with van der Waals surface area (Å²) < 4.78 is 18.0. The molecule has 1 heterocycles. The Bertz CT molecular complexity index is 603. The Morgan fingerprint density at radius 2 is 2.14 bits per heavy atom. The molecule has 1 saturated carbocycles. The van der Waals surface area contributed by atoms with Crippen molar-refractivity contribution in [3.63, 3.8) is 0 Å².